The van der Waals surface area contributed by atoms with Crippen LogP contribution in [0, 0.1) is 0 Å². The van der Waals surface area contributed by atoms with Crippen molar-refractivity contribution >= 4 is 22.9 Å². The number of amides is 1. The van der Waals surface area contributed by atoms with Crippen molar-refractivity contribution < 1.29 is 14.6 Å². The van der Waals surface area contributed by atoms with Crippen LogP contribution in [-0.4, -0.2) is 34.5 Å². The number of ether oxygens (including phenoxy) is 1. The number of phenolic OH excluding ortho intramolecular Hbond substituents is 1. The van der Waals surface area contributed by atoms with Gasteiger partial charge in [-0.2, -0.15) is 10.2 Å². The van der Waals surface area contributed by atoms with Gasteiger partial charge in [-0.15, -0.1) is 0 Å². The summed E-state index contributed by atoms with van der Waals surface area (Å²) in [5.41, 5.74) is 4.78. The maximum absolute atomic E-state index is 12.4. The van der Waals surface area contributed by atoms with Crippen molar-refractivity contribution in [1.82, 2.24) is 15.6 Å². The molecule has 29 heavy (non-hydrogen) atoms. The van der Waals surface area contributed by atoms with E-state index in [0.29, 0.717) is 17.0 Å². The second-order valence-corrected chi connectivity index (χ2v) is 6.32. The molecule has 0 atom stereocenters. The molecule has 0 aliphatic rings. The maximum Gasteiger partial charge on any atom is 0.289 e. The van der Waals surface area contributed by atoms with Crippen LogP contribution in [0.25, 0.3) is 22.0 Å². The first-order valence-electron chi connectivity index (χ1n) is 8.89. The number of phenols is 1. The number of rotatable bonds is 5. The minimum absolute atomic E-state index is 0.127. The minimum Gasteiger partial charge on any atom is -0.508 e. The molecule has 0 radical (unpaired) electrons. The molecule has 144 valence electrons. The van der Waals surface area contributed by atoms with Gasteiger partial charge < -0.3 is 9.84 Å². The van der Waals surface area contributed by atoms with Crippen molar-refractivity contribution in [2.75, 3.05) is 7.11 Å². The molecule has 0 saturated carbocycles. The normalized spacial score (nSPS) is 11.1. The van der Waals surface area contributed by atoms with E-state index in [1.54, 1.807) is 31.4 Å². The van der Waals surface area contributed by atoms with Gasteiger partial charge in [0, 0.05) is 0 Å². The molecule has 1 aromatic heterocycles. The number of aromatic nitrogens is 2. The second kappa shape index (κ2) is 7.85. The van der Waals surface area contributed by atoms with E-state index in [4.69, 9.17) is 4.74 Å². The lowest BCUT2D eigenvalue weighted by Crippen LogP contribution is -2.17. The lowest BCUT2D eigenvalue weighted by Gasteiger charge is -2.09. The average Bonchev–Trinajstić information content (AvgIpc) is 3.23. The summed E-state index contributed by atoms with van der Waals surface area (Å²) in [7, 11) is 1.60. The molecule has 4 rings (SSSR count). The summed E-state index contributed by atoms with van der Waals surface area (Å²) in [6, 6.07) is 20.0. The molecule has 0 fully saturated rings. The molecule has 7 heteroatoms. The van der Waals surface area contributed by atoms with Crippen molar-refractivity contribution in [2.45, 2.75) is 0 Å². The van der Waals surface area contributed by atoms with E-state index in [9.17, 15) is 9.90 Å². The van der Waals surface area contributed by atoms with Crippen molar-refractivity contribution in [3.63, 3.8) is 0 Å². The quantitative estimate of drug-likeness (QED) is 0.360. The number of carbonyl (C=O) groups is 1. The Kier molecular flexibility index (Phi) is 4.94. The van der Waals surface area contributed by atoms with Gasteiger partial charge in [-0.3, -0.25) is 9.89 Å². The van der Waals surface area contributed by atoms with Crippen molar-refractivity contribution in [1.29, 1.82) is 0 Å². The number of aromatic amines is 1. The van der Waals surface area contributed by atoms with Crippen LogP contribution in [0.2, 0.25) is 0 Å². The number of aromatic hydroxyl groups is 1. The number of nitrogens with one attached hydrogen (secondary N) is 2. The highest BCUT2D eigenvalue weighted by molar-refractivity contribution is 6.00. The van der Waals surface area contributed by atoms with E-state index < -0.39 is 5.91 Å². The Labute approximate surface area is 166 Å². The molecule has 7 nitrogen and oxygen atoms in total. The molecule has 0 bridgehead atoms. The summed E-state index contributed by atoms with van der Waals surface area (Å²) < 4.78 is 5.50. The third kappa shape index (κ3) is 3.79. The first-order valence-corrected chi connectivity index (χ1v) is 8.89. The summed E-state index contributed by atoms with van der Waals surface area (Å²) in [4.78, 5) is 12.4. The predicted molar refractivity (Wildman–Crippen MR) is 111 cm³/mol. The van der Waals surface area contributed by atoms with Gasteiger partial charge in [-0.05, 0) is 40.6 Å². The number of hydrogen-bond donors (Lipinski definition) is 3. The van der Waals surface area contributed by atoms with Crippen molar-refractivity contribution in [2.24, 2.45) is 5.10 Å². The first-order chi connectivity index (χ1) is 14.2. The van der Waals surface area contributed by atoms with E-state index in [2.05, 4.69) is 20.7 Å². The van der Waals surface area contributed by atoms with Gasteiger partial charge in [0.1, 0.15) is 17.2 Å². The average molecular weight is 386 g/mol. The number of H-pyrrole nitrogens is 1. The number of nitrogens with zero attached hydrogens (tertiary/aromatic N) is 2. The molecule has 1 heterocycles. The molecule has 1 amide bonds. The minimum atomic E-state index is -0.431. The second-order valence-electron chi connectivity index (χ2n) is 6.32. The van der Waals surface area contributed by atoms with Crippen LogP contribution >= 0.6 is 0 Å². The fourth-order valence-corrected chi connectivity index (χ4v) is 3.08. The van der Waals surface area contributed by atoms with Gasteiger partial charge in [0.2, 0.25) is 0 Å². The van der Waals surface area contributed by atoms with Crippen molar-refractivity contribution in [3.05, 3.63) is 78.0 Å². The molecule has 3 N–H and O–H groups in total. The lowest BCUT2D eigenvalue weighted by atomic mass is 10.0. The number of benzene rings is 3. The van der Waals surface area contributed by atoms with E-state index in [1.165, 1.54) is 12.3 Å². The summed E-state index contributed by atoms with van der Waals surface area (Å²) >= 11 is 0. The highest BCUT2D eigenvalue weighted by Gasteiger charge is 2.16. The zero-order valence-electron chi connectivity index (χ0n) is 15.6. The van der Waals surface area contributed by atoms with E-state index in [0.717, 1.165) is 16.3 Å². The van der Waals surface area contributed by atoms with Gasteiger partial charge >= 0.3 is 0 Å². The topological polar surface area (TPSA) is 99.6 Å². The monoisotopic (exact) mass is 386 g/mol. The van der Waals surface area contributed by atoms with Gasteiger partial charge in [-0.1, -0.05) is 42.5 Å². The van der Waals surface area contributed by atoms with Gasteiger partial charge in [0.25, 0.3) is 5.91 Å². The van der Waals surface area contributed by atoms with Crippen LogP contribution in [0.15, 0.2) is 71.8 Å². The molecule has 0 saturated heterocycles. The predicted octanol–water partition coefficient (Wildman–Crippen LogP) is 3.71. The van der Waals surface area contributed by atoms with Gasteiger partial charge in [0.05, 0.1) is 24.6 Å². The Balaban J connectivity index is 1.59. The van der Waals surface area contributed by atoms with Crippen molar-refractivity contribution in [3.8, 4) is 22.8 Å². The van der Waals surface area contributed by atoms with E-state index in [1.807, 2.05) is 36.4 Å². The molecule has 4 aromatic rings. The number of hydrazone groups is 1. The third-order valence-corrected chi connectivity index (χ3v) is 4.44. The highest BCUT2D eigenvalue weighted by Crippen LogP contribution is 2.36. The molecular weight excluding hydrogens is 368 g/mol. The number of fused-ring (bicyclic) bond motifs is 1. The summed E-state index contributed by atoms with van der Waals surface area (Å²) in [5.74, 6) is 0.367. The molecule has 3 aromatic carbocycles. The van der Waals surface area contributed by atoms with Crippen LogP contribution < -0.4 is 10.2 Å². The Morgan fingerprint density at radius 1 is 1.14 bits per heavy atom. The number of carbonyl (C=O) groups excluding carboxylic acids is 1. The third-order valence-electron chi connectivity index (χ3n) is 4.44. The Hall–Kier alpha value is -4.13. The van der Waals surface area contributed by atoms with E-state index in [-0.39, 0.29) is 11.4 Å². The van der Waals surface area contributed by atoms with Crippen LogP contribution in [0.1, 0.15) is 16.1 Å². The standard InChI is InChI=1S/C22H18N4O3/c1-29-20-10-9-15-6-2-3-8-17(15)21(20)18-12-19(25-24-18)22(28)26-23-13-14-5-4-7-16(27)11-14/h2-13,27H,1H3,(H,24,25)(H,26,28)/b23-13+. The summed E-state index contributed by atoms with van der Waals surface area (Å²) in [6.45, 7) is 0. The summed E-state index contributed by atoms with van der Waals surface area (Å²) in [5, 5.41) is 22.4. The molecular formula is C22H18N4O3. The van der Waals surface area contributed by atoms with Crippen LogP contribution in [0.5, 0.6) is 11.5 Å². The Morgan fingerprint density at radius 3 is 2.83 bits per heavy atom. The Morgan fingerprint density at radius 2 is 2.00 bits per heavy atom. The van der Waals surface area contributed by atoms with Crippen LogP contribution in [0.3, 0.4) is 0 Å². The maximum atomic E-state index is 12.4. The Bertz CT molecular complexity index is 1210. The SMILES string of the molecule is COc1ccc2ccccc2c1-c1cc(C(=O)N/N=C/c2cccc(O)c2)[nH]n1. The lowest BCUT2D eigenvalue weighted by molar-refractivity contribution is 0.0950. The highest BCUT2D eigenvalue weighted by atomic mass is 16.5. The fourth-order valence-electron chi connectivity index (χ4n) is 3.08. The molecule has 0 aliphatic heterocycles. The number of hydrogen-bond acceptors (Lipinski definition) is 5. The smallest absolute Gasteiger partial charge is 0.289 e. The first kappa shape index (κ1) is 18.2. The number of methoxy groups -OCH3 is 1. The largest absolute Gasteiger partial charge is 0.508 e. The van der Waals surface area contributed by atoms with Crippen LogP contribution in [0.4, 0.5) is 0 Å². The zero-order valence-corrected chi connectivity index (χ0v) is 15.6. The zero-order chi connectivity index (χ0) is 20.2. The molecule has 0 aliphatic carbocycles. The summed E-state index contributed by atoms with van der Waals surface area (Å²) in [6.07, 6.45) is 1.45. The molecule has 0 unspecified atom stereocenters. The fraction of sp³-hybridized carbons (Fsp3) is 0.0455. The van der Waals surface area contributed by atoms with Crippen LogP contribution in [-0.2, 0) is 0 Å². The molecule has 0 spiro atoms. The van der Waals surface area contributed by atoms with E-state index >= 15 is 0 Å². The van der Waals surface area contributed by atoms with Gasteiger partial charge in [0.15, 0.2) is 0 Å². The van der Waals surface area contributed by atoms with Gasteiger partial charge in [-0.25, -0.2) is 5.43 Å².